The van der Waals surface area contributed by atoms with E-state index in [1.54, 1.807) is 12.3 Å². The van der Waals surface area contributed by atoms with Gasteiger partial charge in [-0.25, -0.2) is 0 Å². The molecule has 104 valence electrons. The van der Waals surface area contributed by atoms with Gasteiger partial charge in [0.25, 0.3) is 5.91 Å². The summed E-state index contributed by atoms with van der Waals surface area (Å²) in [4.78, 5) is 18.4. The van der Waals surface area contributed by atoms with E-state index in [4.69, 9.17) is 5.73 Å². The molecular formula is C14H22N4O. The number of rotatable bonds is 5. The first-order chi connectivity index (χ1) is 9.07. The molecule has 1 fully saturated rings. The molecule has 5 nitrogen and oxygen atoms in total. The highest BCUT2D eigenvalue weighted by Crippen LogP contribution is 2.35. The second-order valence-corrected chi connectivity index (χ2v) is 5.41. The topological polar surface area (TPSA) is 71.2 Å². The fraction of sp³-hybridized carbons (Fsp3) is 0.571. The molecule has 1 aromatic rings. The lowest BCUT2D eigenvalue weighted by molar-refractivity contribution is 0.0556. The summed E-state index contributed by atoms with van der Waals surface area (Å²) in [6, 6.07) is 3.56. The highest BCUT2D eigenvalue weighted by atomic mass is 16.1. The molecule has 0 radical (unpaired) electrons. The summed E-state index contributed by atoms with van der Waals surface area (Å²) in [6.45, 7) is 1.12. The molecule has 1 aliphatic carbocycles. The number of nitrogens with two attached hydrogens (primary N) is 1. The second kappa shape index (κ2) is 5.67. The lowest BCUT2D eigenvalue weighted by atomic mass is 9.75. The Hall–Kier alpha value is -1.46. The summed E-state index contributed by atoms with van der Waals surface area (Å²) in [5, 5.41) is 2.99. The molecule has 1 heterocycles. The van der Waals surface area contributed by atoms with E-state index in [0.717, 1.165) is 18.4 Å². The molecule has 0 saturated heterocycles. The van der Waals surface area contributed by atoms with Gasteiger partial charge in [0.1, 0.15) is 5.69 Å². The first kappa shape index (κ1) is 14.0. The number of aromatic nitrogens is 1. The largest absolute Gasteiger partial charge is 0.349 e. The van der Waals surface area contributed by atoms with Crippen molar-refractivity contribution in [1.82, 2.24) is 15.2 Å². The Kier molecular flexibility index (Phi) is 4.17. The average Bonchev–Trinajstić information content (AvgIpc) is 2.37. The van der Waals surface area contributed by atoms with E-state index in [0.29, 0.717) is 18.8 Å². The maximum Gasteiger partial charge on any atom is 0.269 e. The van der Waals surface area contributed by atoms with Crippen molar-refractivity contribution in [2.75, 3.05) is 20.6 Å². The van der Waals surface area contributed by atoms with Crippen LogP contribution in [0.25, 0.3) is 0 Å². The molecule has 0 aliphatic heterocycles. The molecule has 0 unspecified atom stereocenters. The van der Waals surface area contributed by atoms with Crippen LogP contribution in [0.5, 0.6) is 0 Å². The SMILES string of the molecule is CN(C)C1(CNC(=O)c2ccc(CN)cn2)CCC1. The van der Waals surface area contributed by atoms with Crippen LogP contribution in [-0.2, 0) is 6.54 Å². The first-order valence-electron chi connectivity index (χ1n) is 6.68. The summed E-state index contributed by atoms with van der Waals surface area (Å²) in [5.74, 6) is -0.114. The Labute approximate surface area is 114 Å². The Morgan fingerprint density at radius 3 is 2.63 bits per heavy atom. The zero-order valence-electron chi connectivity index (χ0n) is 11.6. The fourth-order valence-corrected chi connectivity index (χ4v) is 2.38. The smallest absolute Gasteiger partial charge is 0.269 e. The number of nitrogens with one attached hydrogen (secondary N) is 1. The molecule has 2 rings (SSSR count). The molecule has 0 bridgehead atoms. The molecule has 5 heteroatoms. The lowest BCUT2D eigenvalue weighted by Crippen LogP contribution is -2.57. The van der Waals surface area contributed by atoms with Crippen molar-refractivity contribution < 1.29 is 4.79 Å². The van der Waals surface area contributed by atoms with Crippen LogP contribution >= 0.6 is 0 Å². The standard InChI is InChI=1S/C14H22N4O/c1-18(2)14(6-3-7-14)10-17-13(19)12-5-4-11(8-15)9-16-12/h4-5,9H,3,6-8,10,15H2,1-2H3,(H,17,19). The zero-order valence-corrected chi connectivity index (χ0v) is 11.6. The van der Waals surface area contributed by atoms with Gasteiger partial charge in [0.05, 0.1) is 0 Å². The molecule has 0 spiro atoms. The number of carbonyl (C=O) groups excluding carboxylic acids is 1. The third-order valence-electron chi connectivity index (χ3n) is 4.10. The van der Waals surface area contributed by atoms with Crippen LogP contribution in [0.15, 0.2) is 18.3 Å². The zero-order chi connectivity index (χ0) is 13.9. The Bertz CT molecular complexity index is 437. The molecular weight excluding hydrogens is 240 g/mol. The monoisotopic (exact) mass is 262 g/mol. The van der Waals surface area contributed by atoms with E-state index in [-0.39, 0.29) is 11.4 Å². The summed E-state index contributed by atoms with van der Waals surface area (Å²) < 4.78 is 0. The number of amides is 1. The Morgan fingerprint density at radius 1 is 1.47 bits per heavy atom. The molecule has 1 aliphatic rings. The van der Waals surface area contributed by atoms with Crippen molar-refractivity contribution in [3.63, 3.8) is 0 Å². The van der Waals surface area contributed by atoms with Crippen LogP contribution in [-0.4, -0.2) is 42.0 Å². The van der Waals surface area contributed by atoms with Crippen molar-refractivity contribution in [1.29, 1.82) is 0 Å². The van der Waals surface area contributed by atoms with Gasteiger partial charge < -0.3 is 16.0 Å². The molecule has 0 atom stereocenters. The highest BCUT2D eigenvalue weighted by Gasteiger charge is 2.39. The molecule has 3 N–H and O–H groups in total. The van der Waals surface area contributed by atoms with Gasteiger partial charge in [0.2, 0.25) is 0 Å². The number of pyridine rings is 1. The van der Waals surface area contributed by atoms with E-state index in [9.17, 15) is 4.79 Å². The van der Waals surface area contributed by atoms with Gasteiger partial charge in [-0.2, -0.15) is 0 Å². The van der Waals surface area contributed by atoms with Gasteiger partial charge in [-0.3, -0.25) is 9.78 Å². The van der Waals surface area contributed by atoms with Crippen LogP contribution < -0.4 is 11.1 Å². The van der Waals surface area contributed by atoms with Gasteiger partial charge in [0, 0.05) is 24.8 Å². The Balaban J connectivity index is 1.93. The van der Waals surface area contributed by atoms with Crippen molar-refractivity contribution in [2.45, 2.75) is 31.3 Å². The van der Waals surface area contributed by atoms with Crippen molar-refractivity contribution in [3.8, 4) is 0 Å². The van der Waals surface area contributed by atoms with Gasteiger partial charge in [-0.1, -0.05) is 6.07 Å². The van der Waals surface area contributed by atoms with Crippen LogP contribution in [0.4, 0.5) is 0 Å². The quantitative estimate of drug-likeness (QED) is 0.821. The van der Waals surface area contributed by atoms with Gasteiger partial charge in [-0.05, 0) is 45.0 Å². The molecule has 1 saturated carbocycles. The number of hydrogen-bond donors (Lipinski definition) is 2. The molecule has 0 aromatic carbocycles. The minimum Gasteiger partial charge on any atom is -0.349 e. The van der Waals surface area contributed by atoms with Gasteiger partial charge in [-0.15, -0.1) is 0 Å². The van der Waals surface area contributed by atoms with E-state index in [1.165, 1.54) is 6.42 Å². The maximum atomic E-state index is 12.0. The Morgan fingerprint density at radius 2 is 2.21 bits per heavy atom. The predicted molar refractivity (Wildman–Crippen MR) is 74.7 cm³/mol. The molecule has 1 aromatic heterocycles. The number of nitrogens with zero attached hydrogens (tertiary/aromatic N) is 2. The minimum absolute atomic E-state index is 0.114. The number of hydrogen-bond acceptors (Lipinski definition) is 4. The number of carbonyl (C=O) groups is 1. The minimum atomic E-state index is -0.114. The normalized spacial score (nSPS) is 17.1. The van der Waals surface area contributed by atoms with Gasteiger partial charge >= 0.3 is 0 Å². The first-order valence-corrected chi connectivity index (χ1v) is 6.68. The van der Waals surface area contributed by atoms with Crippen LogP contribution in [0.3, 0.4) is 0 Å². The fourth-order valence-electron chi connectivity index (χ4n) is 2.38. The van der Waals surface area contributed by atoms with E-state index < -0.39 is 0 Å². The van der Waals surface area contributed by atoms with Crippen molar-refractivity contribution in [3.05, 3.63) is 29.6 Å². The third-order valence-corrected chi connectivity index (χ3v) is 4.10. The van der Waals surface area contributed by atoms with E-state index >= 15 is 0 Å². The average molecular weight is 262 g/mol. The lowest BCUT2D eigenvalue weighted by Gasteiger charge is -2.47. The van der Waals surface area contributed by atoms with E-state index in [2.05, 4.69) is 29.3 Å². The second-order valence-electron chi connectivity index (χ2n) is 5.41. The van der Waals surface area contributed by atoms with Crippen LogP contribution in [0.2, 0.25) is 0 Å². The van der Waals surface area contributed by atoms with E-state index in [1.807, 2.05) is 6.07 Å². The maximum absolute atomic E-state index is 12.0. The summed E-state index contributed by atoms with van der Waals surface area (Å²) >= 11 is 0. The summed E-state index contributed by atoms with van der Waals surface area (Å²) in [5.41, 5.74) is 7.02. The summed E-state index contributed by atoms with van der Waals surface area (Å²) in [6.07, 6.45) is 5.16. The highest BCUT2D eigenvalue weighted by molar-refractivity contribution is 5.92. The number of likely N-dealkylation sites (N-methyl/N-ethyl adjacent to an activating group) is 1. The third kappa shape index (κ3) is 2.93. The molecule has 19 heavy (non-hydrogen) atoms. The van der Waals surface area contributed by atoms with Crippen molar-refractivity contribution >= 4 is 5.91 Å². The predicted octanol–water partition coefficient (Wildman–Crippen LogP) is 0.754. The van der Waals surface area contributed by atoms with Crippen LogP contribution in [0, 0.1) is 0 Å². The van der Waals surface area contributed by atoms with Crippen molar-refractivity contribution in [2.24, 2.45) is 5.73 Å². The van der Waals surface area contributed by atoms with Crippen LogP contribution in [0.1, 0.15) is 35.3 Å². The molecule has 1 amide bonds. The summed E-state index contributed by atoms with van der Waals surface area (Å²) in [7, 11) is 4.14. The van der Waals surface area contributed by atoms with Gasteiger partial charge in [0.15, 0.2) is 0 Å².